The van der Waals surface area contributed by atoms with E-state index in [-0.39, 0.29) is 5.97 Å². The number of aryl methyl sites for hydroxylation is 1. The fourth-order valence-corrected chi connectivity index (χ4v) is 2.18. The number of carbonyl (C=O) groups excluding carboxylic acids is 1. The molecule has 0 fully saturated rings. The van der Waals surface area contributed by atoms with E-state index < -0.39 is 0 Å². The van der Waals surface area contributed by atoms with Gasteiger partial charge in [0.05, 0.1) is 12.2 Å². The Balaban J connectivity index is 1.80. The first-order valence-electron chi connectivity index (χ1n) is 7.59. The topological polar surface area (TPSA) is 26.3 Å². The van der Waals surface area contributed by atoms with Crippen LogP contribution in [-0.2, 0) is 17.6 Å². The summed E-state index contributed by atoms with van der Waals surface area (Å²) < 4.78 is 5.31. The molecule has 0 unspecified atom stereocenters. The van der Waals surface area contributed by atoms with Gasteiger partial charge in [-0.1, -0.05) is 55.8 Å². The minimum atomic E-state index is -0.243. The predicted octanol–water partition coefficient (Wildman–Crippen LogP) is 4.43. The van der Waals surface area contributed by atoms with Crippen molar-refractivity contribution in [1.29, 1.82) is 0 Å². The highest BCUT2D eigenvalue weighted by Gasteiger charge is 2.06. The highest BCUT2D eigenvalue weighted by molar-refractivity contribution is 5.89. The third-order valence-corrected chi connectivity index (χ3v) is 3.48. The molecular weight excluding hydrogens is 260 g/mol. The van der Waals surface area contributed by atoms with Gasteiger partial charge in [0.1, 0.15) is 0 Å². The van der Waals surface area contributed by atoms with Gasteiger partial charge in [0.15, 0.2) is 0 Å². The molecule has 0 heterocycles. The minimum absolute atomic E-state index is 0.243. The molecule has 0 saturated carbocycles. The lowest BCUT2D eigenvalue weighted by Crippen LogP contribution is -2.08. The van der Waals surface area contributed by atoms with E-state index in [4.69, 9.17) is 4.74 Å². The Morgan fingerprint density at radius 1 is 0.905 bits per heavy atom. The summed E-state index contributed by atoms with van der Waals surface area (Å²) in [7, 11) is 0. The number of rotatable bonds is 7. The zero-order chi connectivity index (χ0) is 14.9. The summed E-state index contributed by atoms with van der Waals surface area (Å²) in [6.07, 6.45) is 4.19. The molecule has 0 aromatic heterocycles. The Labute approximate surface area is 126 Å². The quantitative estimate of drug-likeness (QED) is 0.702. The fourth-order valence-electron chi connectivity index (χ4n) is 2.18. The highest BCUT2D eigenvalue weighted by atomic mass is 16.5. The van der Waals surface area contributed by atoms with Gasteiger partial charge in [-0.2, -0.15) is 0 Å². The zero-order valence-corrected chi connectivity index (χ0v) is 12.5. The standard InChI is InChI=1S/C19H22O2/c1-2-3-7-17-10-12-18(13-11-17)19(20)21-15-14-16-8-5-4-6-9-16/h4-6,8-13H,2-3,7,14-15H2,1H3. The molecule has 0 saturated heterocycles. The normalized spacial score (nSPS) is 10.3. The molecule has 0 N–H and O–H groups in total. The fraction of sp³-hybridized carbons (Fsp3) is 0.316. The van der Waals surface area contributed by atoms with Crippen molar-refractivity contribution in [1.82, 2.24) is 0 Å². The molecule has 2 heteroatoms. The van der Waals surface area contributed by atoms with Crippen molar-refractivity contribution < 1.29 is 9.53 Å². The molecule has 0 aliphatic carbocycles. The molecule has 2 aromatic rings. The molecule has 110 valence electrons. The maximum Gasteiger partial charge on any atom is 0.338 e. The molecule has 2 rings (SSSR count). The van der Waals surface area contributed by atoms with Gasteiger partial charge in [0.2, 0.25) is 0 Å². The van der Waals surface area contributed by atoms with Crippen molar-refractivity contribution in [3.05, 3.63) is 71.3 Å². The Morgan fingerprint density at radius 2 is 1.57 bits per heavy atom. The lowest BCUT2D eigenvalue weighted by molar-refractivity contribution is 0.0509. The van der Waals surface area contributed by atoms with Crippen LogP contribution in [0.2, 0.25) is 0 Å². The largest absolute Gasteiger partial charge is 0.462 e. The van der Waals surface area contributed by atoms with Gasteiger partial charge in [-0.3, -0.25) is 0 Å². The first-order chi connectivity index (χ1) is 10.3. The molecule has 2 aromatic carbocycles. The molecule has 0 amide bonds. The van der Waals surface area contributed by atoms with Crippen LogP contribution < -0.4 is 0 Å². The van der Waals surface area contributed by atoms with Crippen molar-refractivity contribution in [3.8, 4) is 0 Å². The number of hydrogen-bond donors (Lipinski definition) is 0. The summed E-state index contributed by atoms with van der Waals surface area (Å²) in [5.74, 6) is -0.243. The van der Waals surface area contributed by atoms with E-state index in [1.807, 2.05) is 54.6 Å². The molecule has 2 nitrogen and oxygen atoms in total. The Hall–Kier alpha value is -2.09. The Kier molecular flexibility index (Phi) is 6.01. The second kappa shape index (κ2) is 8.25. The van der Waals surface area contributed by atoms with Crippen LogP contribution >= 0.6 is 0 Å². The van der Waals surface area contributed by atoms with Crippen LogP contribution in [0.3, 0.4) is 0 Å². The second-order valence-electron chi connectivity index (χ2n) is 5.17. The van der Waals surface area contributed by atoms with Gasteiger partial charge in [-0.05, 0) is 36.1 Å². The van der Waals surface area contributed by atoms with E-state index in [2.05, 4.69) is 6.92 Å². The smallest absolute Gasteiger partial charge is 0.338 e. The maximum atomic E-state index is 11.9. The summed E-state index contributed by atoms with van der Waals surface area (Å²) in [5.41, 5.74) is 3.08. The van der Waals surface area contributed by atoms with E-state index in [0.717, 1.165) is 12.8 Å². The van der Waals surface area contributed by atoms with Crippen LogP contribution in [0.25, 0.3) is 0 Å². The third-order valence-electron chi connectivity index (χ3n) is 3.48. The number of benzene rings is 2. The van der Waals surface area contributed by atoms with Crippen LogP contribution in [0.4, 0.5) is 0 Å². The van der Waals surface area contributed by atoms with E-state index >= 15 is 0 Å². The van der Waals surface area contributed by atoms with Crippen molar-refractivity contribution in [2.24, 2.45) is 0 Å². The Morgan fingerprint density at radius 3 is 2.24 bits per heavy atom. The van der Waals surface area contributed by atoms with Crippen LogP contribution in [0.15, 0.2) is 54.6 Å². The van der Waals surface area contributed by atoms with Crippen molar-refractivity contribution >= 4 is 5.97 Å². The molecule has 0 bridgehead atoms. The third kappa shape index (κ3) is 5.07. The molecule has 21 heavy (non-hydrogen) atoms. The SMILES string of the molecule is CCCCc1ccc(C(=O)OCCc2ccccc2)cc1. The van der Waals surface area contributed by atoms with Gasteiger partial charge < -0.3 is 4.74 Å². The highest BCUT2D eigenvalue weighted by Crippen LogP contribution is 2.09. The molecule has 0 spiro atoms. The summed E-state index contributed by atoms with van der Waals surface area (Å²) in [5, 5.41) is 0. The number of esters is 1. The maximum absolute atomic E-state index is 11.9. The van der Waals surface area contributed by atoms with Crippen molar-refractivity contribution in [3.63, 3.8) is 0 Å². The summed E-state index contributed by atoms with van der Waals surface area (Å²) in [4.78, 5) is 11.9. The van der Waals surface area contributed by atoms with Gasteiger partial charge in [-0.15, -0.1) is 0 Å². The predicted molar refractivity (Wildman–Crippen MR) is 85.5 cm³/mol. The zero-order valence-electron chi connectivity index (χ0n) is 12.5. The first-order valence-corrected chi connectivity index (χ1v) is 7.59. The molecule has 0 aliphatic rings. The molecule has 0 radical (unpaired) electrons. The lowest BCUT2D eigenvalue weighted by atomic mass is 10.1. The second-order valence-corrected chi connectivity index (χ2v) is 5.17. The number of carbonyl (C=O) groups is 1. The molecular formula is C19H22O2. The van der Waals surface area contributed by atoms with Gasteiger partial charge in [0, 0.05) is 6.42 Å². The average Bonchev–Trinajstić information content (AvgIpc) is 2.54. The summed E-state index contributed by atoms with van der Waals surface area (Å²) >= 11 is 0. The number of hydrogen-bond acceptors (Lipinski definition) is 2. The van der Waals surface area contributed by atoms with Gasteiger partial charge in [-0.25, -0.2) is 4.79 Å². The number of unbranched alkanes of at least 4 members (excludes halogenated alkanes) is 1. The average molecular weight is 282 g/mol. The monoisotopic (exact) mass is 282 g/mol. The van der Waals surface area contributed by atoms with Crippen LogP contribution in [0.5, 0.6) is 0 Å². The van der Waals surface area contributed by atoms with Crippen LogP contribution in [0.1, 0.15) is 41.3 Å². The summed E-state index contributed by atoms with van der Waals surface area (Å²) in [6, 6.07) is 17.8. The minimum Gasteiger partial charge on any atom is -0.462 e. The van der Waals surface area contributed by atoms with Gasteiger partial charge in [0.25, 0.3) is 0 Å². The van der Waals surface area contributed by atoms with E-state index in [1.165, 1.54) is 24.0 Å². The molecule has 0 atom stereocenters. The van der Waals surface area contributed by atoms with Gasteiger partial charge >= 0.3 is 5.97 Å². The molecule has 0 aliphatic heterocycles. The van der Waals surface area contributed by atoms with Crippen LogP contribution in [-0.4, -0.2) is 12.6 Å². The van der Waals surface area contributed by atoms with E-state index in [1.54, 1.807) is 0 Å². The van der Waals surface area contributed by atoms with Crippen molar-refractivity contribution in [2.75, 3.05) is 6.61 Å². The summed E-state index contributed by atoms with van der Waals surface area (Å²) in [6.45, 7) is 2.60. The number of ether oxygens (including phenoxy) is 1. The lowest BCUT2D eigenvalue weighted by Gasteiger charge is -2.06. The van der Waals surface area contributed by atoms with Crippen molar-refractivity contribution in [2.45, 2.75) is 32.6 Å². The van der Waals surface area contributed by atoms with E-state index in [9.17, 15) is 4.79 Å². The van der Waals surface area contributed by atoms with E-state index in [0.29, 0.717) is 12.2 Å². The Bertz CT molecular complexity index is 544. The first kappa shape index (κ1) is 15.3. The van der Waals surface area contributed by atoms with Crippen LogP contribution in [0, 0.1) is 0 Å².